The van der Waals surface area contributed by atoms with Gasteiger partial charge in [0.15, 0.2) is 0 Å². The minimum Gasteiger partial charge on any atom is -0.394 e. The summed E-state index contributed by atoms with van der Waals surface area (Å²) in [5, 5.41) is 18.0. The highest BCUT2D eigenvalue weighted by Crippen LogP contribution is 2.63. The van der Waals surface area contributed by atoms with E-state index >= 15 is 0 Å². The molecule has 3 saturated heterocycles. The summed E-state index contributed by atoms with van der Waals surface area (Å²) in [5.74, 6) is -2.48. The van der Waals surface area contributed by atoms with Gasteiger partial charge in [-0.1, -0.05) is 44.2 Å². The Morgan fingerprint density at radius 2 is 1.86 bits per heavy atom. The van der Waals surface area contributed by atoms with Gasteiger partial charge in [-0.25, -0.2) is 0 Å². The molecule has 0 radical (unpaired) electrons. The second-order valence-corrected chi connectivity index (χ2v) is 10.6. The van der Waals surface area contributed by atoms with E-state index in [-0.39, 0.29) is 30.2 Å². The molecule has 2 aromatic carbocycles. The maximum Gasteiger partial charge on any atom is 0.250 e. The van der Waals surface area contributed by atoms with Gasteiger partial charge in [0, 0.05) is 12.7 Å². The van der Waals surface area contributed by atoms with Crippen molar-refractivity contribution in [2.75, 3.05) is 19.0 Å². The number of hydrogen-bond donors (Lipinski definition) is 3. The monoisotopic (exact) mass is 479 g/mol. The average molecular weight is 480 g/mol. The van der Waals surface area contributed by atoms with E-state index in [1.54, 1.807) is 7.05 Å². The standard InChI is InChI=1S/C27H33N3O5/c1-15(2)19(14-31)30-22(24(33)29-18-10-9-16-7-5-6-8-17(16)13-18)27-12-11-26(3,35-27)20(23(32)28-4)21(27)25(30)34/h5-10,13,15,19-22,31H,11-12,14H2,1-4H3,(H,28,32)(H,29,33)/t19-,20-,21-,22?,26+,27?/m0/s1. The van der Waals surface area contributed by atoms with Gasteiger partial charge >= 0.3 is 0 Å². The Balaban J connectivity index is 1.57. The number of aliphatic hydroxyl groups excluding tert-OH is 1. The molecule has 5 rings (SSSR count). The molecule has 2 unspecified atom stereocenters. The maximum absolute atomic E-state index is 14.0. The summed E-state index contributed by atoms with van der Waals surface area (Å²) in [7, 11) is 1.55. The first-order valence-electron chi connectivity index (χ1n) is 12.3. The van der Waals surface area contributed by atoms with Crippen LogP contribution >= 0.6 is 0 Å². The second-order valence-electron chi connectivity index (χ2n) is 10.6. The van der Waals surface area contributed by atoms with E-state index in [9.17, 15) is 19.5 Å². The number of fused-ring (bicyclic) bond motifs is 2. The number of aliphatic hydroxyl groups is 1. The number of ether oxygens (including phenoxy) is 1. The third kappa shape index (κ3) is 3.37. The minimum atomic E-state index is -1.12. The van der Waals surface area contributed by atoms with Crippen molar-refractivity contribution in [2.45, 2.75) is 56.9 Å². The molecular formula is C27H33N3O5. The third-order valence-electron chi connectivity index (χ3n) is 8.32. The van der Waals surface area contributed by atoms with E-state index in [0.717, 1.165) is 10.8 Å². The number of anilines is 1. The zero-order valence-electron chi connectivity index (χ0n) is 20.6. The zero-order chi connectivity index (χ0) is 25.1. The highest BCUT2D eigenvalue weighted by Gasteiger charge is 2.78. The normalized spacial score (nSPS) is 32.2. The predicted molar refractivity (Wildman–Crippen MR) is 131 cm³/mol. The third-order valence-corrected chi connectivity index (χ3v) is 8.32. The van der Waals surface area contributed by atoms with Gasteiger partial charge in [0.2, 0.25) is 17.7 Å². The lowest BCUT2D eigenvalue weighted by Crippen LogP contribution is -2.57. The lowest BCUT2D eigenvalue weighted by Gasteiger charge is -2.38. The summed E-state index contributed by atoms with van der Waals surface area (Å²) >= 11 is 0. The van der Waals surface area contributed by atoms with Crippen LogP contribution in [0.3, 0.4) is 0 Å². The van der Waals surface area contributed by atoms with Crippen LogP contribution in [-0.4, -0.2) is 64.7 Å². The molecule has 1 spiro atoms. The number of carbonyl (C=O) groups excluding carboxylic acids is 3. The van der Waals surface area contributed by atoms with Crippen LogP contribution in [-0.2, 0) is 19.1 Å². The summed E-state index contributed by atoms with van der Waals surface area (Å²) < 4.78 is 6.56. The Hall–Kier alpha value is -2.97. The van der Waals surface area contributed by atoms with Crippen LogP contribution in [0.25, 0.3) is 10.8 Å². The van der Waals surface area contributed by atoms with Crippen LogP contribution < -0.4 is 10.6 Å². The van der Waals surface area contributed by atoms with Gasteiger partial charge in [-0.05, 0) is 48.6 Å². The Morgan fingerprint density at radius 3 is 2.51 bits per heavy atom. The Kier molecular flexibility index (Phi) is 5.64. The van der Waals surface area contributed by atoms with Crippen LogP contribution in [0, 0.1) is 17.8 Å². The van der Waals surface area contributed by atoms with Crippen molar-refractivity contribution in [3.63, 3.8) is 0 Å². The van der Waals surface area contributed by atoms with Crippen LogP contribution in [0.2, 0.25) is 0 Å². The first-order valence-corrected chi connectivity index (χ1v) is 12.3. The van der Waals surface area contributed by atoms with E-state index in [2.05, 4.69) is 10.6 Å². The topological polar surface area (TPSA) is 108 Å². The van der Waals surface area contributed by atoms with Crippen LogP contribution in [0.4, 0.5) is 5.69 Å². The summed E-state index contributed by atoms with van der Waals surface area (Å²) in [5.41, 5.74) is -1.32. The fraction of sp³-hybridized carbons (Fsp3) is 0.519. The summed E-state index contributed by atoms with van der Waals surface area (Å²) in [6.45, 7) is 5.40. The molecule has 6 atom stereocenters. The largest absolute Gasteiger partial charge is 0.394 e. The molecule has 3 N–H and O–H groups in total. The SMILES string of the molecule is CNC(=O)[C@@H]1[C@H]2C(=O)N([C@@H](CO)C(C)C)C(C(=O)Nc3ccc4ccccc4c3)C23CC[C@@]1(C)O3. The molecule has 3 amide bonds. The zero-order valence-corrected chi connectivity index (χ0v) is 20.6. The van der Waals surface area contributed by atoms with Crippen molar-refractivity contribution in [2.24, 2.45) is 17.8 Å². The first-order chi connectivity index (χ1) is 16.7. The van der Waals surface area contributed by atoms with Gasteiger partial charge < -0.3 is 25.4 Å². The van der Waals surface area contributed by atoms with Gasteiger partial charge in [-0.2, -0.15) is 0 Å². The van der Waals surface area contributed by atoms with Gasteiger partial charge in [0.25, 0.3) is 0 Å². The molecule has 3 aliphatic heterocycles. The molecular weight excluding hydrogens is 446 g/mol. The van der Waals surface area contributed by atoms with E-state index in [4.69, 9.17) is 4.74 Å². The van der Waals surface area contributed by atoms with Crippen LogP contribution in [0.1, 0.15) is 33.6 Å². The molecule has 3 fully saturated rings. The number of nitrogens with one attached hydrogen (secondary N) is 2. The number of carbonyl (C=O) groups is 3. The number of nitrogens with zero attached hydrogens (tertiary/aromatic N) is 1. The first kappa shape index (κ1) is 23.8. The molecule has 35 heavy (non-hydrogen) atoms. The lowest BCUT2D eigenvalue weighted by molar-refractivity contribution is -0.149. The van der Waals surface area contributed by atoms with Crippen molar-refractivity contribution < 1.29 is 24.2 Å². The average Bonchev–Trinajstić information content (AvgIpc) is 3.40. The second kappa shape index (κ2) is 8.31. The molecule has 186 valence electrons. The van der Waals surface area contributed by atoms with Gasteiger partial charge in [0.1, 0.15) is 11.6 Å². The van der Waals surface area contributed by atoms with Crippen molar-refractivity contribution in [3.8, 4) is 0 Å². The molecule has 8 heteroatoms. The molecule has 2 aromatic rings. The number of amides is 3. The Bertz CT molecular complexity index is 1200. The molecule has 3 heterocycles. The van der Waals surface area contributed by atoms with E-state index in [1.165, 1.54) is 4.90 Å². The number of benzene rings is 2. The molecule has 0 aromatic heterocycles. The van der Waals surface area contributed by atoms with Crippen molar-refractivity contribution >= 4 is 34.2 Å². The Labute approximate surface area is 205 Å². The highest BCUT2D eigenvalue weighted by atomic mass is 16.5. The highest BCUT2D eigenvalue weighted by molar-refractivity contribution is 6.04. The van der Waals surface area contributed by atoms with Crippen LogP contribution in [0.15, 0.2) is 42.5 Å². The number of hydrogen-bond acceptors (Lipinski definition) is 5. The molecule has 3 aliphatic rings. The molecule has 0 aliphatic carbocycles. The molecule has 0 saturated carbocycles. The summed E-state index contributed by atoms with van der Waals surface area (Å²) in [6.07, 6.45) is 1.07. The van der Waals surface area contributed by atoms with Crippen molar-refractivity contribution in [1.82, 2.24) is 10.2 Å². The quantitative estimate of drug-likeness (QED) is 0.589. The van der Waals surface area contributed by atoms with Crippen molar-refractivity contribution in [3.05, 3.63) is 42.5 Å². The van der Waals surface area contributed by atoms with Crippen LogP contribution in [0.5, 0.6) is 0 Å². The predicted octanol–water partition coefficient (Wildman–Crippen LogP) is 2.31. The summed E-state index contributed by atoms with van der Waals surface area (Å²) in [4.78, 5) is 42.4. The van der Waals surface area contributed by atoms with E-state index in [1.807, 2.05) is 63.2 Å². The van der Waals surface area contributed by atoms with Gasteiger partial charge in [-0.3, -0.25) is 14.4 Å². The van der Waals surface area contributed by atoms with Gasteiger partial charge in [-0.15, -0.1) is 0 Å². The molecule has 2 bridgehead atoms. The van der Waals surface area contributed by atoms with Crippen molar-refractivity contribution in [1.29, 1.82) is 0 Å². The minimum absolute atomic E-state index is 0.0959. The lowest BCUT2D eigenvalue weighted by atomic mass is 9.66. The summed E-state index contributed by atoms with van der Waals surface area (Å²) in [6, 6.07) is 12.0. The Morgan fingerprint density at radius 1 is 1.14 bits per heavy atom. The number of likely N-dealkylation sites (tertiary alicyclic amines) is 1. The fourth-order valence-corrected chi connectivity index (χ4v) is 6.67. The smallest absolute Gasteiger partial charge is 0.250 e. The van der Waals surface area contributed by atoms with E-state index in [0.29, 0.717) is 18.5 Å². The van der Waals surface area contributed by atoms with Gasteiger partial charge in [0.05, 0.1) is 30.1 Å². The maximum atomic E-state index is 14.0. The molecule has 8 nitrogen and oxygen atoms in total. The number of rotatable bonds is 6. The fourth-order valence-electron chi connectivity index (χ4n) is 6.67. The van der Waals surface area contributed by atoms with E-state index < -0.39 is 35.1 Å².